The number of hydrogen-bond donors (Lipinski definition) is 3. The minimum absolute atomic E-state index is 0.0656. The summed E-state index contributed by atoms with van der Waals surface area (Å²) in [6.07, 6.45) is 2.69. The van der Waals surface area contributed by atoms with Crippen molar-refractivity contribution in [3.8, 4) is 0 Å². The van der Waals surface area contributed by atoms with Crippen LogP contribution < -0.4 is 16.0 Å². The van der Waals surface area contributed by atoms with Gasteiger partial charge in [-0.05, 0) is 18.6 Å². The summed E-state index contributed by atoms with van der Waals surface area (Å²) in [5.74, 6) is 0.173. The van der Waals surface area contributed by atoms with E-state index >= 15 is 0 Å². The number of unbranched alkanes of at least 4 members (excludes halogenated alkanes) is 1. The number of anilines is 1. The molecule has 1 saturated heterocycles. The summed E-state index contributed by atoms with van der Waals surface area (Å²) < 4.78 is 0. The molecule has 0 unspecified atom stereocenters. The summed E-state index contributed by atoms with van der Waals surface area (Å²) in [7, 11) is 0. The van der Waals surface area contributed by atoms with Crippen LogP contribution in [0.3, 0.4) is 0 Å². The normalized spacial score (nSPS) is 17.4. The van der Waals surface area contributed by atoms with E-state index in [0.29, 0.717) is 25.1 Å². The minimum Gasteiger partial charge on any atom is -0.384 e. The van der Waals surface area contributed by atoms with Gasteiger partial charge in [0.2, 0.25) is 5.91 Å². The molecule has 1 aromatic rings. The fourth-order valence-corrected chi connectivity index (χ4v) is 2.38. The highest BCUT2D eigenvalue weighted by atomic mass is 16.2. The minimum atomic E-state index is -0.0889. The topological polar surface area (TPSA) is 70.2 Å². The molecule has 5 heteroatoms. The molecule has 1 aliphatic heterocycles. The van der Waals surface area contributed by atoms with Gasteiger partial charge in [0, 0.05) is 37.7 Å². The molecule has 0 aliphatic carbocycles. The lowest BCUT2D eigenvalue weighted by Gasteiger charge is -2.13. The average molecular weight is 289 g/mol. The van der Waals surface area contributed by atoms with Crippen molar-refractivity contribution in [1.82, 2.24) is 10.6 Å². The first-order valence-corrected chi connectivity index (χ1v) is 7.58. The molecule has 1 heterocycles. The first-order chi connectivity index (χ1) is 10.2. The van der Waals surface area contributed by atoms with Crippen molar-refractivity contribution in [3.05, 3.63) is 29.8 Å². The van der Waals surface area contributed by atoms with E-state index in [0.717, 1.165) is 25.1 Å². The molecule has 3 N–H and O–H groups in total. The van der Waals surface area contributed by atoms with Gasteiger partial charge in [0.1, 0.15) is 0 Å². The summed E-state index contributed by atoms with van der Waals surface area (Å²) in [5.41, 5.74) is 1.52. The Kier molecular flexibility index (Phi) is 5.60. The van der Waals surface area contributed by atoms with E-state index in [2.05, 4.69) is 22.9 Å². The van der Waals surface area contributed by atoms with Gasteiger partial charge < -0.3 is 16.0 Å². The van der Waals surface area contributed by atoms with Crippen LogP contribution in [0.15, 0.2) is 24.3 Å². The van der Waals surface area contributed by atoms with E-state index in [1.54, 1.807) is 0 Å². The van der Waals surface area contributed by atoms with E-state index in [1.807, 2.05) is 24.3 Å². The van der Waals surface area contributed by atoms with Crippen LogP contribution in [-0.2, 0) is 4.79 Å². The number of benzene rings is 1. The van der Waals surface area contributed by atoms with Gasteiger partial charge in [0.05, 0.1) is 5.56 Å². The molecule has 21 heavy (non-hydrogen) atoms. The van der Waals surface area contributed by atoms with Crippen LogP contribution in [0, 0.1) is 5.92 Å². The zero-order valence-electron chi connectivity index (χ0n) is 12.4. The highest BCUT2D eigenvalue weighted by molar-refractivity contribution is 5.99. The lowest BCUT2D eigenvalue weighted by molar-refractivity contribution is -0.119. The molecule has 0 radical (unpaired) electrons. The van der Waals surface area contributed by atoms with Gasteiger partial charge in [-0.15, -0.1) is 0 Å². The molecule has 1 aromatic carbocycles. The number of rotatable bonds is 7. The highest BCUT2D eigenvalue weighted by Gasteiger charge is 2.22. The Balaban J connectivity index is 1.90. The molecule has 2 amide bonds. The van der Waals surface area contributed by atoms with E-state index in [1.165, 1.54) is 0 Å². The molecule has 0 bridgehead atoms. The van der Waals surface area contributed by atoms with Crippen molar-refractivity contribution >= 4 is 17.5 Å². The van der Waals surface area contributed by atoms with Crippen LogP contribution in [-0.4, -0.2) is 31.4 Å². The molecule has 5 nitrogen and oxygen atoms in total. The number of carbonyl (C=O) groups excluding carboxylic acids is 2. The van der Waals surface area contributed by atoms with Crippen molar-refractivity contribution < 1.29 is 9.59 Å². The molecule has 1 atom stereocenters. The van der Waals surface area contributed by atoms with Gasteiger partial charge in [0.25, 0.3) is 5.91 Å². The first kappa shape index (κ1) is 15.4. The van der Waals surface area contributed by atoms with E-state index in [9.17, 15) is 9.59 Å². The van der Waals surface area contributed by atoms with Gasteiger partial charge in [-0.1, -0.05) is 25.5 Å². The summed E-state index contributed by atoms with van der Waals surface area (Å²) in [4.78, 5) is 23.4. The predicted octanol–water partition coefficient (Wildman–Crippen LogP) is 1.76. The molecule has 0 spiro atoms. The number of nitrogens with one attached hydrogen (secondary N) is 3. The first-order valence-electron chi connectivity index (χ1n) is 7.58. The monoisotopic (exact) mass is 289 g/mol. The molecule has 114 valence electrons. The van der Waals surface area contributed by atoms with E-state index in [4.69, 9.17) is 0 Å². The zero-order chi connectivity index (χ0) is 15.1. The van der Waals surface area contributed by atoms with Crippen LogP contribution in [0.5, 0.6) is 0 Å². The number of amides is 2. The summed E-state index contributed by atoms with van der Waals surface area (Å²) in [6.45, 7) is 4.18. The predicted molar refractivity (Wildman–Crippen MR) is 83.3 cm³/mol. The van der Waals surface area contributed by atoms with Crippen LogP contribution in [0.1, 0.15) is 36.5 Å². The van der Waals surface area contributed by atoms with Crippen molar-refractivity contribution in [2.75, 3.05) is 25.0 Å². The van der Waals surface area contributed by atoms with Gasteiger partial charge in [0.15, 0.2) is 0 Å². The van der Waals surface area contributed by atoms with E-state index in [-0.39, 0.29) is 17.7 Å². The molecule has 1 aliphatic rings. The largest absolute Gasteiger partial charge is 0.384 e. The number of para-hydroxylation sites is 1. The lowest BCUT2D eigenvalue weighted by Crippen LogP contribution is -2.30. The zero-order valence-corrected chi connectivity index (χ0v) is 12.4. The maximum Gasteiger partial charge on any atom is 0.253 e. The second-order valence-corrected chi connectivity index (χ2v) is 5.41. The standard InChI is InChI=1S/C16H23N3O2/c1-2-3-8-17-14-7-5-4-6-13(14)16(21)19-11-12-9-15(20)18-10-12/h4-7,12,17H,2-3,8-11H2,1H3,(H,18,20)(H,19,21)/t12-/m0/s1. The molecule has 2 rings (SSSR count). The quantitative estimate of drug-likeness (QED) is 0.670. The Hall–Kier alpha value is -2.04. The van der Waals surface area contributed by atoms with Crippen LogP contribution in [0.2, 0.25) is 0 Å². The Labute approximate surface area is 125 Å². The van der Waals surface area contributed by atoms with Gasteiger partial charge in [-0.25, -0.2) is 0 Å². The number of hydrogen-bond acceptors (Lipinski definition) is 3. The SMILES string of the molecule is CCCCNc1ccccc1C(=O)NC[C@@H]1CNC(=O)C1. The average Bonchev–Trinajstić information content (AvgIpc) is 2.91. The van der Waals surface area contributed by atoms with Crippen LogP contribution in [0.25, 0.3) is 0 Å². The maximum absolute atomic E-state index is 12.3. The second-order valence-electron chi connectivity index (χ2n) is 5.41. The molecular formula is C16H23N3O2. The third-order valence-electron chi connectivity index (χ3n) is 3.63. The molecule has 1 fully saturated rings. The highest BCUT2D eigenvalue weighted by Crippen LogP contribution is 2.15. The molecule has 0 aromatic heterocycles. The van der Waals surface area contributed by atoms with Gasteiger partial charge in [-0.2, -0.15) is 0 Å². The lowest BCUT2D eigenvalue weighted by atomic mass is 10.1. The molecule has 0 saturated carbocycles. The third kappa shape index (κ3) is 4.48. The van der Waals surface area contributed by atoms with E-state index < -0.39 is 0 Å². The maximum atomic E-state index is 12.3. The second kappa shape index (κ2) is 7.67. The Morgan fingerprint density at radius 3 is 2.90 bits per heavy atom. The number of carbonyl (C=O) groups is 2. The van der Waals surface area contributed by atoms with Crippen molar-refractivity contribution in [3.63, 3.8) is 0 Å². The Morgan fingerprint density at radius 2 is 2.19 bits per heavy atom. The van der Waals surface area contributed by atoms with Crippen molar-refractivity contribution in [2.24, 2.45) is 5.92 Å². The summed E-state index contributed by atoms with van der Waals surface area (Å²) in [5, 5.41) is 9.00. The van der Waals surface area contributed by atoms with Gasteiger partial charge >= 0.3 is 0 Å². The smallest absolute Gasteiger partial charge is 0.253 e. The third-order valence-corrected chi connectivity index (χ3v) is 3.63. The summed E-state index contributed by atoms with van der Waals surface area (Å²) >= 11 is 0. The van der Waals surface area contributed by atoms with Crippen LogP contribution in [0.4, 0.5) is 5.69 Å². The van der Waals surface area contributed by atoms with Gasteiger partial charge in [-0.3, -0.25) is 9.59 Å². The Morgan fingerprint density at radius 1 is 1.38 bits per heavy atom. The van der Waals surface area contributed by atoms with Crippen LogP contribution >= 0.6 is 0 Å². The van der Waals surface area contributed by atoms with Crippen molar-refractivity contribution in [2.45, 2.75) is 26.2 Å². The Bertz CT molecular complexity index is 502. The molecular weight excluding hydrogens is 266 g/mol. The van der Waals surface area contributed by atoms with Crippen molar-refractivity contribution in [1.29, 1.82) is 0 Å². The summed E-state index contributed by atoms with van der Waals surface area (Å²) in [6, 6.07) is 7.53. The fraction of sp³-hybridized carbons (Fsp3) is 0.500. The fourth-order valence-electron chi connectivity index (χ4n) is 2.38.